The summed E-state index contributed by atoms with van der Waals surface area (Å²) in [5, 5.41) is 13.8. The van der Waals surface area contributed by atoms with Gasteiger partial charge in [-0.3, -0.25) is 24.6 Å². The molecular weight excluding hydrogens is 324 g/mol. The number of nitro groups is 1. The predicted molar refractivity (Wildman–Crippen MR) is 96.6 cm³/mol. The molecule has 8 heteroatoms. The Kier molecular flexibility index (Phi) is 7.50. The van der Waals surface area contributed by atoms with Crippen LogP contribution in [0.3, 0.4) is 0 Å². The van der Waals surface area contributed by atoms with Gasteiger partial charge in [-0.05, 0) is 45.9 Å². The number of nitrogens with one attached hydrogen (secondary N) is 1. The molecule has 0 unspecified atom stereocenters. The van der Waals surface area contributed by atoms with Gasteiger partial charge in [0.1, 0.15) is 5.69 Å². The molecule has 1 rings (SSSR count). The van der Waals surface area contributed by atoms with Crippen molar-refractivity contribution in [2.45, 2.75) is 27.7 Å². The van der Waals surface area contributed by atoms with E-state index in [9.17, 15) is 19.7 Å². The zero-order valence-corrected chi connectivity index (χ0v) is 15.5. The first-order valence-electron chi connectivity index (χ1n) is 8.21. The molecule has 0 aromatic heterocycles. The molecule has 0 aliphatic carbocycles. The lowest BCUT2D eigenvalue weighted by molar-refractivity contribution is -0.384. The third-order valence-electron chi connectivity index (χ3n) is 4.11. The summed E-state index contributed by atoms with van der Waals surface area (Å²) >= 11 is 0. The highest BCUT2D eigenvalue weighted by Crippen LogP contribution is 2.30. The first kappa shape index (κ1) is 20.6. The van der Waals surface area contributed by atoms with Crippen molar-refractivity contribution in [1.82, 2.24) is 9.80 Å². The van der Waals surface area contributed by atoms with E-state index in [0.29, 0.717) is 18.7 Å². The Bertz CT molecular complexity index is 656. The number of amides is 2. The average Bonchev–Trinajstić information content (AvgIpc) is 2.52. The third-order valence-corrected chi connectivity index (χ3v) is 4.11. The van der Waals surface area contributed by atoms with Crippen LogP contribution in [0.5, 0.6) is 0 Å². The van der Waals surface area contributed by atoms with Crippen LogP contribution in [-0.4, -0.2) is 59.8 Å². The van der Waals surface area contributed by atoms with Crippen LogP contribution in [0.4, 0.5) is 11.4 Å². The fraction of sp³-hybridized carbons (Fsp3) is 0.529. The first-order valence-corrected chi connectivity index (χ1v) is 8.21. The van der Waals surface area contributed by atoms with E-state index in [1.54, 1.807) is 29.8 Å². The molecule has 1 aromatic carbocycles. The monoisotopic (exact) mass is 350 g/mol. The van der Waals surface area contributed by atoms with Crippen molar-refractivity contribution in [3.05, 3.63) is 33.4 Å². The summed E-state index contributed by atoms with van der Waals surface area (Å²) in [6.45, 7) is 8.66. The maximum atomic E-state index is 12.3. The molecule has 0 fully saturated rings. The highest BCUT2D eigenvalue weighted by molar-refractivity contribution is 5.95. The second-order valence-corrected chi connectivity index (χ2v) is 5.95. The van der Waals surface area contributed by atoms with E-state index >= 15 is 0 Å². The number of carbonyl (C=O) groups is 2. The number of aryl methyl sites for hydroxylation is 1. The molecule has 0 aliphatic heterocycles. The zero-order valence-electron chi connectivity index (χ0n) is 15.5. The minimum absolute atomic E-state index is 0.0302. The highest BCUT2D eigenvalue weighted by Gasteiger charge is 2.21. The van der Waals surface area contributed by atoms with E-state index in [0.717, 1.165) is 5.56 Å². The summed E-state index contributed by atoms with van der Waals surface area (Å²) in [6.07, 6.45) is 0. The van der Waals surface area contributed by atoms with Gasteiger partial charge in [0.2, 0.25) is 11.8 Å². The quantitative estimate of drug-likeness (QED) is 0.571. The summed E-state index contributed by atoms with van der Waals surface area (Å²) in [5.41, 5.74) is 1.58. The van der Waals surface area contributed by atoms with Gasteiger partial charge in [0.15, 0.2) is 0 Å². The molecule has 0 radical (unpaired) electrons. The van der Waals surface area contributed by atoms with Crippen LogP contribution in [0.2, 0.25) is 0 Å². The SMILES string of the molecule is CCN(CC)C(=O)CN(C)CC(=O)Nc1c([N+](=O)[O-])ccc(C)c1C. The molecule has 0 heterocycles. The van der Waals surface area contributed by atoms with Gasteiger partial charge in [-0.25, -0.2) is 0 Å². The Morgan fingerprint density at radius 3 is 2.28 bits per heavy atom. The van der Waals surface area contributed by atoms with Crippen molar-refractivity contribution < 1.29 is 14.5 Å². The highest BCUT2D eigenvalue weighted by atomic mass is 16.6. The zero-order chi connectivity index (χ0) is 19.1. The summed E-state index contributed by atoms with van der Waals surface area (Å²) in [4.78, 5) is 38.2. The maximum absolute atomic E-state index is 12.3. The number of anilines is 1. The summed E-state index contributed by atoms with van der Waals surface area (Å²) in [7, 11) is 1.67. The molecule has 0 aliphatic rings. The van der Waals surface area contributed by atoms with Crippen LogP contribution < -0.4 is 5.32 Å². The first-order chi connectivity index (χ1) is 11.7. The van der Waals surface area contributed by atoms with E-state index in [1.165, 1.54) is 6.07 Å². The molecular formula is C17H26N4O4. The average molecular weight is 350 g/mol. The Labute approximate surface area is 147 Å². The van der Waals surface area contributed by atoms with Gasteiger partial charge in [-0.1, -0.05) is 6.07 Å². The van der Waals surface area contributed by atoms with Crippen molar-refractivity contribution in [1.29, 1.82) is 0 Å². The Morgan fingerprint density at radius 1 is 1.16 bits per heavy atom. The van der Waals surface area contributed by atoms with Gasteiger partial charge >= 0.3 is 0 Å². The van der Waals surface area contributed by atoms with Gasteiger partial charge in [0.05, 0.1) is 18.0 Å². The van der Waals surface area contributed by atoms with E-state index in [2.05, 4.69) is 5.32 Å². The summed E-state index contributed by atoms with van der Waals surface area (Å²) in [6, 6.07) is 3.03. The van der Waals surface area contributed by atoms with Crippen molar-refractivity contribution in [2.24, 2.45) is 0 Å². The number of nitro benzene ring substituents is 1. The van der Waals surface area contributed by atoms with Crippen LogP contribution >= 0.6 is 0 Å². The van der Waals surface area contributed by atoms with Gasteiger partial charge < -0.3 is 10.2 Å². The molecule has 0 saturated heterocycles. The second kappa shape index (κ2) is 9.12. The maximum Gasteiger partial charge on any atom is 0.293 e. The standard InChI is InChI=1S/C17H26N4O4/c1-6-20(7-2)16(23)11-19(5)10-15(22)18-17-13(4)12(3)8-9-14(17)21(24)25/h8-9H,6-7,10-11H2,1-5H3,(H,18,22). The fourth-order valence-corrected chi connectivity index (χ4v) is 2.50. The Hall–Kier alpha value is -2.48. The van der Waals surface area contributed by atoms with Crippen molar-refractivity contribution >= 4 is 23.2 Å². The molecule has 8 nitrogen and oxygen atoms in total. The van der Waals surface area contributed by atoms with Crippen LogP contribution in [-0.2, 0) is 9.59 Å². The molecule has 0 bridgehead atoms. The minimum atomic E-state index is -0.518. The Morgan fingerprint density at radius 2 is 1.76 bits per heavy atom. The second-order valence-electron chi connectivity index (χ2n) is 5.95. The van der Waals surface area contributed by atoms with Gasteiger partial charge in [-0.15, -0.1) is 0 Å². The molecule has 0 spiro atoms. The molecule has 0 atom stereocenters. The smallest absolute Gasteiger partial charge is 0.293 e. The number of rotatable bonds is 8. The lowest BCUT2D eigenvalue weighted by atomic mass is 10.1. The normalized spacial score (nSPS) is 10.6. The number of hydrogen-bond donors (Lipinski definition) is 1. The number of benzene rings is 1. The number of hydrogen-bond acceptors (Lipinski definition) is 5. The van der Waals surface area contributed by atoms with Crippen molar-refractivity contribution in [3.8, 4) is 0 Å². The van der Waals surface area contributed by atoms with E-state index in [4.69, 9.17) is 0 Å². The predicted octanol–water partition coefficient (Wildman–Crippen LogP) is 1.95. The molecule has 138 valence electrons. The van der Waals surface area contributed by atoms with Crippen LogP contribution in [0.1, 0.15) is 25.0 Å². The lowest BCUT2D eigenvalue weighted by Crippen LogP contribution is -2.41. The Balaban J connectivity index is 2.79. The van der Waals surface area contributed by atoms with E-state index < -0.39 is 10.8 Å². The summed E-state index contributed by atoms with van der Waals surface area (Å²) in [5.74, 6) is -0.454. The summed E-state index contributed by atoms with van der Waals surface area (Å²) < 4.78 is 0. The number of nitrogens with zero attached hydrogens (tertiary/aromatic N) is 3. The molecule has 0 saturated carbocycles. The largest absolute Gasteiger partial charge is 0.342 e. The van der Waals surface area contributed by atoms with E-state index in [-0.39, 0.29) is 30.4 Å². The van der Waals surface area contributed by atoms with Crippen LogP contribution in [0.25, 0.3) is 0 Å². The molecule has 2 amide bonds. The molecule has 1 N–H and O–H groups in total. The van der Waals surface area contributed by atoms with Gasteiger partial charge in [-0.2, -0.15) is 0 Å². The van der Waals surface area contributed by atoms with E-state index in [1.807, 2.05) is 20.8 Å². The third kappa shape index (κ3) is 5.53. The minimum Gasteiger partial charge on any atom is -0.342 e. The number of likely N-dealkylation sites (N-methyl/N-ethyl adjacent to an activating group) is 2. The topological polar surface area (TPSA) is 95.8 Å². The molecule has 1 aromatic rings. The van der Waals surface area contributed by atoms with Gasteiger partial charge in [0, 0.05) is 19.2 Å². The fourth-order valence-electron chi connectivity index (χ4n) is 2.50. The van der Waals surface area contributed by atoms with Crippen LogP contribution in [0, 0.1) is 24.0 Å². The van der Waals surface area contributed by atoms with Crippen molar-refractivity contribution in [2.75, 3.05) is 38.5 Å². The van der Waals surface area contributed by atoms with Gasteiger partial charge in [0.25, 0.3) is 5.69 Å². The lowest BCUT2D eigenvalue weighted by Gasteiger charge is -2.22. The molecule has 25 heavy (non-hydrogen) atoms. The number of carbonyl (C=O) groups excluding carboxylic acids is 2. The van der Waals surface area contributed by atoms with Crippen LogP contribution in [0.15, 0.2) is 12.1 Å². The van der Waals surface area contributed by atoms with Crippen molar-refractivity contribution in [3.63, 3.8) is 0 Å².